The molecule has 2 aromatic carbocycles. The number of benzene rings is 2. The number of nitrogens with zero attached hydrogens (tertiary/aromatic N) is 1. The van der Waals surface area contributed by atoms with Gasteiger partial charge in [-0.25, -0.2) is 4.98 Å². The van der Waals surface area contributed by atoms with Crippen molar-refractivity contribution < 1.29 is 35.9 Å². The number of hydrogen-bond acceptors (Lipinski definition) is 7. The van der Waals surface area contributed by atoms with E-state index in [4.69, 9.17) is 9.47 Å². The van der Waals surface area contributed by atoms with Crippen molar-refractivity contribution in [1.29, 1.82) is 0 Å². The first-order valence-electron chi connectivity index (χ1n) is 12.0. The molecule has 12 heteroatoms. The number of amides is 1. The van der Waals surface area contributed by atoms with Crippen LogP contribution in [0.4, 0.5) is 18.3 Å². The molecule has 1 N–H and O–H groups in total. The second kappa shape index (κ2) is 11.5. The van der Waals surface area contributed by atoms with E-state index in [0.29, 0.717) is 46.7 Å². The van der Waals surface area contributed by atoms with Gasteiger partial charge in [0.25, 0.3) is 0 Å². The molecule has 0 radical (unpaired) electrons. The number of carbonyl (C=O) groups is 1. The second-order valence-corrected chi connectivity index (χ2v) is 10.7. The van der Waals surface area contributed by atoms with Gasteiger partial charge in [0.2, 0.25) is 16.2 Å². The fourth-order valence-electron chi connectivity index (χ4n) is 4.13. The van der Waals surface area contributed by atoms with Crippen LogP contribution in [0.3, 0.4) is 0 Å². The van der Waals surface area contributed by atoms with Crippen molar-refractivity contribution in [2.45, 2.75) is 12.6 Å². The van der Waals surface area contributed by atoms with Crippen LogP contribution in [0.1, 0.15) is 11.1 Å². The molecule has 2 heterocycles. The molecule has 1 aliphatic carbocycles. The highest BCUT2D eigenvalue weighted by molar-refractivity contribution is 7.73. The quantitative estimate of drug-likeness (QED) is 0.303. The number of fused-ring (bicyclic) bond motifs is 1. The number of halogens is 3. The predicted octanol–water partition coefficient (Wildman–Crippen LogP) is 5.50. The average Bonchev–Trinajstić information content (AvgIpc) is 3.40. The summed E-state index contributed by atoms with van der Waals surface area (Å²) >= 11 is 1.24. The summed E-state index contributed by atoms with van der Waals surface area (Å²) in [4.78, 5) is 17.0. The number of hydrogen-bond donors (Lipinski definition) is 1. The molecule has 2 aliphatic rings. The lowest BCUT2D eigenvalue weighted by Gasteiger charge is -2.18. The van der Waals surface area contributed by atoms with Gasteiger partial charge in [0.15, 0.2) is 16.6 Å². The first-order chi connectivity index (χ1) is 19.2. The third-order valence-electron chi connectivity index (χ3n) is 6.08. The van der Waals surface area contributed by atoms with Crippen LogP contribution in [-0.2, 0) is 27.7 Å². The number of allylic oxidation sites excluding steroid dienone is 5. The van der Waals surface area contributed by atoms with E-state index in [9.17, 15) is 26.4 Å². The van der Waals surface area contributed by atoms with Gasteiger partial charge >= 0.3 is 6.18 Å². The zero-order valence-electron chi connectivity index (χ0n) is 20.6. The van der Waals surface area contributed by atoms with E-state index in [2.05, 4.69) is 10.3 Å². The van der Waals surface area contributed by atoms with Crippen LogP contribution in [-0.4, -0.2) is 37.4 Å². The van der Waals surface area contributed by atoms with Crippen molar-refractivity contribution in [1.82, 2.24) is 4.98 Å². The van der Waals surface area contributed by atoms with E-state index in [0.717, 1.165) is 17.7 Å². The van der Waals surface area contributed by atoms with E-state index in [-0.39, 0.29) is 11.3 Å². The van der Waals surface area contributed by atoms with Gasteiger partial charge in [-0.3, -0.25) is 10.1 Å². The van der Waals surface area contributed by atoms with Crippen molar-refractivity contribution in [2.24, 2.45) is 5.92 Å². The molecular weight excluding hydrogens is 565 g/mol. The normalized spacial score (nSPS) is 16.6. The summed E-state index contributed by atoms with van der Waals surface area (Å²) in [6, 6.07) is 10.2. The maximum Gasteiger partial charge on any atom is 0.416 e. The second-order valence-electron chi connectivity index (χ2n) is 8.86. The molecular formula is C28H21F3N2O5S2. The van der Waals surface area contributed by atoms with E-state index >= 15 is 0 Å². The van der Waals surface area contributed by atoms with Gasteiger partial charge in [-0.1, -0.05) is 30.4 Å². The number of anilines is 1. The summed E-state index contributed by atoms with van der Waals surface area (Å²) < 4.78 is 73.3. The van der Waals surface area contributed by atoms with Crippen molar-refractivity contribution >= 4 is 37.5 Å². The Morgan fingerprint density at radius 3 is 2.58 bits per heavy atom. The van der Waals surface area contributed by atoms with Crippen molar-refractivity contribution in [3.8, 4) is 22.8 Å². The maximum absolute atomic E-state index is 12.8. The third kappa shape index (κ3) is 6.52. The number of nitrogens with one attached hydrogen (secondary N) is 1. The molecule has 0 saturated carbocycles. The number of carbonyl (C=O) groups excluding carboxylic acids is 1. The number of rotatable bonds is 6. The summed E-state index contributed by atoms with van der Waals surface area (Å²) in [5.41, 5.74) is 1.92. The Labute approximate surface area is 232 Å². The van der Waals surface area contributed by atoms with E-state index in [1.807, 2.05) is 12.1 Å². The molecule has 206 valence electrons. The lowest BCUT2D eigenvalue weighted by atomic mass is 9.92. The highest BCUT2D eigenvalue weighted by atomic mass is 32.2. The highest BCUT2D eigenvalue weighted by Gasteiger charge is 2.30. The maximum atomic E-state index is 12.8. The number of thiazole rings is 1. The first kappa shape index (κ1) is 27.4. The molecule has 1 aliphatic heterocycles. The summed E-state index contributed by atoms with van der Waals surface area (Å²) in [5, 5.41) is 4.84. The van der Waals surface area contributed by atoms with Gasteiger partial charge in [0, 0.05) is 22.9 Å². The van der Waals surface area contributed by atoms with Crippen LogP contribution < -0.4 is 14.8 Å². The molecule has 0 saturated heterocycles. The number of aromatic nitrogens is 1. The summed E-state index contributed by atoms with van der Waals surface area (Å²) in [5.74, 6) is 0.139. The Bertz CT molecular complexity index is 1660. The molecule has 40 heavy (non-hydrogen) atoms. The largest absolute Gasteiger partial charge is 0.486 e. The minimum Gasteiger partial charge on any atom is -0.486 e. The van der Waals surface area contributed by atoms with E-state index in [1.54, 1.807) is 23.6 Å². The number of ether oxygens (including phenoxy) is 2. The molecule has 1 atom stereocenters. The lowest BCUT2D eigenvalue weighted by molar-refractivity contribution is -0.137. The van der Waals surface area contributed by atoms with E-state index < -0.39 is 33.9 Å². The molecule has 5 rings (SSSR count). The zero-order valence-corrected chi connectivity index (χ0v) is 22.3. The third-order valence-corrected chi connectivity index (χ3v) is 7.62. The van der Waals surface area contributed by atoms with Gasteiger partial charge in [0.1, 0.15) is 13.2 Å². The Kier molecular flexibility index (Phi) is 7.90. The Balaban J connectivity index is 1.22. The first-order valence-corrected chi connectivity index (χ1v) is 14.0. The standard InChI is InChI=1S/C28H21F3N2O5S2/c29-28(30,31)21-7-2-17(3-8-21)13-18-1-4-19(25(14-18)40(35)36)6-10-26(34)33-27-32-22(16-39-27)20-5-9-23-24(15-20)38-12-11-37-23/h1-10,14-16,19H,11-13H2,(H,32,33,34). The van der Waals surface area contributed by atoms with Gasteiger partial charge < -0.3 is 9.47 Å². The zero-order chi connectivity index (χ0) is 28.3. The van der Waals surface area contributed by atoms with Gasteiger partial charge in [0.05, 0.1) is 16.1 Å². The Morgan fingerprint density at radius 1 is 1.10 bits per heavy atom. The van der Waals surface area contributed by atoms with Crippen LogP contribution in [0.5, 0.6) is 11.5 Å². The smallest absolute Gasteiger partial charge is 0.416 e. The highest BCUT2D eigenvalue weighted by Crippen LogP contribution is 2.35. The van der Waals surface area contributed by atoms with Crippen LogP contribution in [0.15, 0.2) is 83.8 Å². The summed E-state index contributed by atoms with van der Waals surface area (Å²) in [7, 11) is -2.57. The minimum absolute atomic E-state index is 0.0450. The van der Waals surface area contributed by atoms with Crippen LogP contribution in [0.2, 0.25) is 0 Å². The average molecular weight is 587 g/mol. The molecule has 0 fully saturated rings. The fourth-order valence-corrected chi connectivity index (χ4v) is 5.48. The van der Waals surface area contributed by atoms with Crippen molar-refractivity contribution in [3.05, 3.63) is 94.9 Å². The van der Waals surface area contributed by atoms with Crippen LogP contribution >= 0.6 is 11.3 Å². The molecule has 1 aromatic heterocycles. The summed E-state index contributed by atoms with van der Waals surface area (Å²) in [6.07, 6.45) is 3.30. The topological polar surface area (TPSA) is 94.6 Å². The van der Waals surface area contributed by atoms with Gasteiger partial charge in [-0.2, -0.15) is 21.6 Å². The predicted molar refractivity (Wildman–Crippen MR) is 146 cm³/mol. The molecule has 7 nitrogen and oxygen atoms in total. The van der Waals surface area contributed by atoms with Crippen LogP contribution in [0.25, 0.3) is 11.3 Å². The molecule has 0 spiro atoms. The summed E-state index contributed by atoms with van der Waals surface area (Å²) in [6.45, 7) is 0.959. The SMILES string of the molecule is O=C(C=CC1C=CC(Cc2ccc(C(F)(F)F)cc2)=CC1=S(=O)=O)Nc1nc(-c2ccc3c(c2)OCCO3)cs1. The molecule has 0 bridgehead atoms. The van der Waals surface area contributed by atoms with Crippen LogP contribution in [0, 0.1) is 5.92 Å². The Morgan fingerprint density at radius 2 is 1.85 bits per heavy atom. The van der Waals surface area contributed by atoms with Crippen molar-refractivity contribution in [2.75, 3.05) is 18.5 Å². The lowest BCUT2D eigenvalue weighted by Crippen LogP contribution is -2.15. The Hall–Kier alpha value is -4.16. The molecule has 3 aromatic rings. The van der Waals surface area contributed by atoms with E-state index in [1.165, 1.54) is 41.7 Å². The molecule has 1 unspecified atom stereocenters. The minimum atomic E-state index is -4.43. The fraction of sp³-hybridized carbons (Fsp3) is 0.179. The number of alkyl halides is 3. The van der Waals surface area contributed by atoms with Crippen molar-refractivity contribution in [3.63, 3.8) is 0 Å². The monoisotopic (exact) mass is 586 g/mol. The molecule has 1 amide bonds. The van der Waals surface area contributed by atoms with Gasteiger partial charge in [-0.15, -0.1) is 11.3 Å². The van der Waals surface area contributed by atoms with Gasteiger partial charge in [-0.05, 0) is 54.0 Å².